The van der Waals surface area contributed by atoms with Gasteiger partial charge in [0.25, 0.3) is 0 Å². The van der Waals surface area contributed by atoms with Crippen molar-refractivity contribution >= 4 is 5.97 Å². The molecule has 0 spiro atoms. The summed E-state index contributed by atoms with van der Waals surface area (Å²) in [6, 6.07) is 0. The zero-order valence-corrected chi connectivity index (χ0v) is 10.1. The molecule has 0 aromatic carbocycles. The number of aliphatic carboxylic acids is 1. The van der Waals surface area contributed by atoms with Gasteiger partial charge in [0.15, 0.2) is 0 Å². The van der Waals surface area contributed by atoms with Crippen molar-refractivity contribution in [3.8, 4) is 0 Å². The molecular formula is C7H14O6Ti. The van der Waals surface area contributed by atoms with E-state index >= 15 is 0 Å². The second-order valence-corrected chi connectivity index (χ2v) is 2.17. The molecule has 82 valence electrons. The SMILES string of the molecule is COC(C(=O)O)C(OC)(OC)OC.[Ti]. The molecule has 0 amide bonds. The molecule has 1 unspecified atom stereocenters. The number of carbonyl (C=O) groups is 1. The van der Waals surface area contributed by atoms with Gasteiger partial charge in [-0.25, -0.2) is 4.79 Å². The Balaban J connectivity index is 0. The van der Waals surface area contributed by atoms with E-state index < -0.39 is 18.0 Å². The zero-order chi connectivity index (χ0) is 10.5. The smallest absolute Gasteiger partial charge is 0.341 e. The molecule has 0 aromatic rings. The van der Waals surface area contributed by atoms with Gasteiger partial charge in [-0.3, -0.25) is 0 Å². The van der Waals surface area contributed by atoms with E-state index in [0.29, 0.717) is 0 Å². The Morgan fingerprint density at radius 1 is 1.14 bits per heavy atom. The third kappa shape index (κ3) is 3.31. The van der Waals surface area contributed by atoms with Crippen LogP contribution in [-0.2, 0) is 45.5 Å². The van der Waals surface area contributed by atoms with Crippen molar-refractivity contribution in [1.29, 1.82) is 0 Å². The van der Waals surface area contributed by atoms with Crippen LogP contribution in [0.15, 0.2) is 0 Å². The minimum atomic E-state index is -1.71. The Bertz CT molecular complexity index is 161. The van der Waals surface area contributed by atoms with Crippen molar-refractivity contribution in [2.45, 2.75) is 12.1 Å². The summed E-state index contributed by atoms with van der Waals surface area (Å²) in [4.78, 5) is 10.7. The summed E-state index contributed by atoms with van der Waals surface area (Å²) in [6.45, 7) is 0. The summed E-state index contributed by atoms with van der Waals surface area (Å²) in [7, 11) is 5.02. The first kappa shape index (κ1) is 16.5. The van der Waals surface area contributed by atoms with Gasteiger partial charge in [0.05, 0.1) is 0 Å². The maximum absolute atomic E-state index is 10.7. The molecule has 0 saturated heterocycles. The van der Waals surface area contributed by atoms with Crippen LogP contribution in [-0.4, -0.2) is 51.6 Å². The van der Waals surface area contributed by atoms with Crippen LogP contribution < -0.4 is 0 Å². The van der Waals surface area contributed by atoms with Gasteiger partial charge < -0.3 is 24.1 Å². The summed E-state index contributed by atoms with van der Waals surface area (Å²) in [5.41, 5.74) is 0. The van der Waals surface area contributed by atoms with Gasteiger partial charge in [-0.15, -0.1) is 0 Å². The Labute approximate surface area is 97.3 Å². The summed E-state index contributed by atoms with van der Waals surface area (Å²) >= 11 is 0. The number of ether oxygens (including phenoxy) is 4. The number of carboxylic acids is 1. The minimum Gasteiger partial charge on any atom is -0.479 e. The van der Waals surface area contributed by atoms with Crippen molar-refractivity contribution in [3.05, 3.63) is 0 Å². The molecule has 6 nitrogen and oxygen atoms in total. The average molecular weight is 242 g/mol. The van der Waals surface area contributed by atoms with Crippen molar-refractivity contribution in [2.24, 2.45) is 0 Å². The van der Waals surface area contributed by atoms with Crippen LogP contribution in [0.2, 0.25) is 0 Å². The van der Waals surface area contributed by atoms with E-state index in [1.165, 1.54) is 28.4 Å². The predicted molar refractivity (Wildman–Crippen MR) is 42.2 cm³/mol. The standard InChI is InChI=1S/C7H14O6.Ti/c1-10-5(6(8)9)7(11-2,12-3)13-4;/h5H,1-4H3,(H,8,9);. The number of hydrogen-bond donors (Lipinski definition) is 1. The molecule has 1 N–H and O–H groups in total. The molecule has 7 heteroatoms. The van der Waals surface area contributed by atoms with E-state index in [1.54, 1.807) is 0 Å². The maximum Gasteiger partial charge on any atom is 0.341 e. The third-order valence-electron chi connectivity index (χ3n) is 1.63. The number of rotatable bonds is 6. The second kappa shape index (κ2) is 7.33. The molecule has 0 aromatic heterocycles. The van der Waals surface area contributed by atoms with E-state index in [-0.39, 0.29) is 21.7 Å². The summed E-state index contributed by atoms with van der Waals surface area (Å²) in [5, 5.41) is 8.74. The van der Waals surface area contributed by atoms with Crippen molar-refractivity contribution in [3.63, 3.8) is 0 Å². The molecule has 14 heavy (non-hydrogen) atoms. The quantitative estimate of drug-likeness (QED) is 0.508. The van der Waals surface area contributed by atoms with E-state index in [4.69, 9.17) is 19.3 Å². The number of hydrogen-bond acceptors (Lipinski definition) is 5. The molecule has 0 aliphatic carbocycles. The molecule has 0 fully saturated rings. The predicted octanol–water partition coefficient (Wildman–Crippen LogP) is -0.324. The van der Waals surface area contributed by atoms with E-state index in [0.717, 1.165) is 0 Å². The molecule has 0 aliphatic heterocycles. The Morgan fingerprint density at radius 2 is 1.50 bits per heavy atom. The number of methoxy groups -OCH3 is 4. The van der Waals surface area contributed by atoms with Crippen LogP contribution in [0.4, 0.5) is 0 Å². The monoisotopic (exact) mass is 242 g/mol. The van der Waals surface area contributed by atoms with Gasteiger partial charge in [-0.1, -0.05) is 0 Å². The van der Waals surface area contributed by atoms with Gasteiger partial charge in [-0.05, 0) is 0 Å². The average Bonchev–Trinajstić information content (AvgIpc) is 2.13. The summed E-state index contributed by atoms with van der Waals surface area (Å²) in [6.07, 6.45) is -1.34. The molecule has 0 heterocycles. The Kier molecular flexibility index (Phi) is 8.62. The van der Waals surface area contributed by atoms with Gasteiger partial charge in [0, 0.05) is 50.2 Å². The normalized spacial score (nSPS) is 13.1. The van der Waals surface area contributed by atoms with Crippen LogP contribution in [0.3, 0.4) is 0 Å². The van der Waals surface area contributed by atoms with Crippen molar-refractivity contribution in [2.75, 3.05) is 28.4 Å². The van der Waals surface area contributed by atoms with Gasteiger partial charge in [0.2, 0.25) is 6.10 Å². The van der Waals surface area contributed by atoms with Crippen LogP contribution in [0.1, 0.15) is 0 Å². The molecule has 0 aliphatic rings. The first-order chi connectivity index (χ1) is 6.07. The van der Waals surface area contributed by atoms with Crippen LogP contribution >= 0.6 is 0 Å². The minimum absolute atomic E-state index is 0. The topological polar surface area (TPSA) is 74.2 Å². The fourth-order valence-electron chi connectivity index (χ4n) is 0.967. The second-order valence-electron chi connectivity index (χ2n) is 2.17. The van der Waals surface area contributed by atoms with Crippen molar-refractivity contribution < 1.29 is 50.6 Å². The largest absolute Gasteiger partial charge is 0.479 e. The molecule has 0 bridgehead atoms. The van der Waals surface area contributed by atoms with Crippen LogP contribution in [0.25, 0.3) is 0 Å². The van der Waals surface area contributed by atoms with Gasteiger partial charge in [-0.2, -0.15) is 0 Å². The molecule has 0 rings (SSSR count). The fraction of sp³-hybridized carbons (Fsp3) is 0.857. The maximum atomic E-state index is 10.7. The molecule has 0 saturated carbocycles. The van der Waals surface area contributed by atoms with Gasteiger partial charge >= 0.3 is 11.9 Å². The first-order valence-corrected chi connectivity index (χ1v) is 3.49. The molecule has 0 radical (unpaired) electrons. The third-order valence-corrected chi connectivity index (χ3v) is 1.63. The van der Waals surface area contributed by atoms with E-state index in [9.17, 15) is 4.79 Å². The Hall–Kier alpha value is 0.0243. The van der Waals surface area contributed by atoms with E-state index in [1.807, 2.05) is 0 Å². The molecule has 1 atom stereocenters. The number of carboxylic acid groups (broad SMARTS) is 1. The first-order valence-electron chi connectivity index (χ1n) is 3.49. The molecular weight excluding hydrogens is 228 g/mol. The summed E-state index contributed by atoms with van der Waals surface area (Å²) in [5.74, 6) is -2.94. The van der Waals surface area contributed by atoms with Gasteiger partial charge in [0.1, 0.15) is 0 Å². The van der Waals surface area contributed by atoms with Crippen LogP contribution in [0.5, 0.6) is 0 Å². The fourth-order valence-corrected chi connectivity index (χ4v) is 0.967. The van der Waals surface area contributed by atoms with Crippen LogP contribution in [0, 0.1) is 0 Å². The Morgan fingerprint density at radius 3 is 1.57 bits per heavy atom. The van der Waals surface area contributed by atoms with Crippen molar-refractivity contribution in [1.82, 2.24) is 0 Å². The summed E-state index contributed by atoms with van der Waals surface area (Å²) < 4.78 is 19.1. The van der Waals surface area contributed by atoms with E-state index in [2.05, 4.69) is 4.74 Å². The zero-order valence-electron chi connectivity index (χ0n) is 8.57.